The summed E-state index contributed by atoms with van der Waals surface area (Å²) in [7, 11) is 0. The summed E-state index contributed by atoms with van der Waals surface area (Å²) in [5.41, 5.74) is 1.25. The third-order valence-electron chi connectivity index (χ3n) is 4.82. The second-order valence-corrected chi connectivity index (χ2v) is 6.38. The molecule has 2 saturated heterocycles. The highest BCUT2D eigenvalue weighted by molar-refractivity contribution is 5.67. The fourth-order valence-corrected chi connectivity index (χ4v) is 3.60. The predicted octanol–water partition coefficient (Wildman–Crippen LogP) is 2.02. The van der Waals surface area contributed by atoms with Gasteiger partial charge < -0.3 is 14.1 Å². The number of furan rings is 1. The van der Waals surface area contributed by atoms with Crippen LogP contribution in [0.25, 0.3) is 0 Å². The number of likely N-dealkylation sites (tertiary alicyclic amines) is 1. The van der Waals surface area contributed by atoms with E-state index in [1.54, 1.807) is 6.26 Å². The van der Waals surface area contributed by atoms with Crippen LogP contribution in [-0.2, 0) is 11.3 Å². The second-order valence-electron chi connectivity index (χ2n) is 6.38. The van der Waals surface area contributed by atoms with E-state index in [-0.39, 0.29) is 6.09 Å². The van der Waals surface area contributed by atoms with E-state index in [4.69, 9.17) is 9.15 Å². The quantitative estimate of drug-likeness (QED) is 0.849. The van der Waals surface area contributed by atoms with E-state index in [1.807, 2.05) is 24.2 Å². The molecule has 2 fully saturated rings. The Morgan fingerprint density at radius 3 is 2.83 bits per heavy atom. The van der Waals surface area contributed by atoms with Gasteiger partial charge in [0.05, 0.1) is 19.1 Å². The number of nitrogens with zero attached hydrogens (tertiary/aromatic N) is 3. The maximum absolute atomic E-state index is 11.8. The average Bonchev–Trinajstić information content (AvgIpc) is 3.08. The molecule has 1 atom stereocenters. The molecule has 0 bridgehead atoms. The van der Waals surface area contributed by atoms with Gasteiger partial charge in [-0.05, 0) is 32.4 Å². The Morgan fingerprint density at radius 2 is 2.13 bits per heavy atom. The molecule has 0 N–H and O–H groups in total. The first kappa shape index (κ1) is 16.3. The minimum atomic E-state index is -0.169. The number of hydrogen-bond acceptors (Lipinski definition) is 5. The van der Waals surface area contributed by atoms with Crippen LogP contribution in [0.5, 0.6) is 0 Å². The Kier molecular flexibility index (Phi) is 5.56. The van der Waals surface area contributed by atoms with Crippen LogP contribution >= 0.6 is 0 Å². The maximum Gasteiger partial charge on any atom is 0.409 e. The third-order valence-corrected chi connectivity index (χ3v) is 4.82. The molecule has 1 aromatic heterocycles. The Labute approximate surface area is 138 Å². The lowest BCUT2D eigenvalue weighted by Crippen LogP contribution is -2.55. The number of ether oxygens (including phenoxy) is 1. The average molecular weight is 321 g/mol. The van der Waals surface area contributed by atoms with E-state index < -0.39 is 0 Å². The zero-order valence-electron chi connectivity index (χ0n) is 13.9. The summed E-state index contributed by atoms with van der Waals surface area (Å²) in [4.78, 5) is 18.7. The zero-order valence-corrected chi connectivity index (χ0v) is 13.9. The first-order chi connectivity index (χ1) is 11.3. The van der Waals surface area contributed by atoms with E-state index in [0.29, 0.717) is 12.6 Å². The van der Waals surface area contributed by atoms with Crippen LogP contribution in [0.1, 0.15) is 25.3 Å². The van der Waals surface area contributed by atoms with Gasteiger partial charge in [-0.3, -0.25) is 9.80 Å². The van der Waals surface area contributed by atoms with Crippen LogP contribution in [0.15, 0.2) is 23.0 Å². The van der Waals surface area contributed by atoms with E-state index in [2.05, 4.69) is 9.80 Å². The van der Waals surface area contributed by atoms with Gasteiger partial charge in [-0.25, -0.2) is 4.79 Å². The van der Waals surface area contributed by atoms with Crippen molar-refractivity contribution in [1.82, 2.24) is 14.7 Å². The zero-order chi connectivity index (χ0) is 16.1. The SMILES string of the molecule is CCOC(=O)N1CCN(C2CCCN(Cc3ccoc3)C2)CC1. The van der Waals surface area contributed by atoms with Crippen molar-refractivity contribution >= 4 is 6.09 Å². The highest BCUT2D eigenvalue weighted by atomic mass is 16.6. The van der Waals surface area contributed by atoms with Crippen molar-refractivity contribution in [1.29, 1.82) is 0 Å². The Morgan fingerprint density at radius 1 is 1.30 bits per heavy atom. The van der Waals surface area contributed by atoms with Crippen molar-refractivity contribution in [2.75, 3.05) is 45.9 Å². The van der Waals surface area contributed by atoms with Crippen molar-refractivity contribution in [2.24, 2.45) is 0 Å². The topological polar surface area (TPSA) is 49.2 Å². The second kappa shape index (κ2) is 7.84. The monoisotopic (exact) mass is 321 g/mol. The fraction of sp³-hybridized carbons (Fsp3) is 0.706. The minimum absolute atomic E-state index is 0.169. The lowest BCUT2D eigenvalue weighted by atomic mass is 10.0. The molecule has 1 amide bonds. The van der Waals surface area contributed by atoms with Crippen molar-refractivity contribution in [3.8, 4) is 0 Å². The van der Waals surface area contributed by atoms with Gasteiger partial charge in [0.15, 0.2) is 0 Å². The summed E-state index contributed by atoms with van der Waals surface area (Å²) in [5, 5.41) is 0. The largest absolute Gasteiger partial charge is 0.472 e. The molecule has 6 nitrogen and oxygen atoms in total. The molecule has 0 radical (unpaired) electrons. The highest BCUT2D eigenvalue weighted by Gasteiger charge is 2.29. The lowest BCUT2D eigenvalue weighted by molar-refractivity contribution is 0.0412. The van der Waals surface area contributed by atoms with Gasteiger partial charge >= 0.3 is 6.09 Å². The van der Waals surface area contributed by atoms with Gasteiger partial charge in [0.2, 0.25) is 0 Å². The molecule has 6 heteroatoms. The number of amides is 1. The molecular weight excluding hydrogens is 294 g/mol. The first-order valence-electron chi connectivity index (χ1n) is 8.65. The van der Waals surface area contributed by atoms with Gasteiger partial charge in [-0.2, -0.15) is 0 Å². The normalized spacial score (nSPS) is 23.9. The highest BCUT2D eigenvalue weighted by Crippen LogP contribution is 2.19. The molecule has 3 heterocycles. The summed E-state index contributed by atoms with van der Waals surface area (Å²) >= 11 is 0. The molecule has 23 heavy (non-hydrogen) atoms. The summed E-state index contributed by atoms with van der Waals surface area (Å²) in [5.74, 6) is 0. The molecule has 2 aliphatic rings. The van der Waals surface area contributed by atoms with Gasteiger partial charge in [0.1, 0.15) is 0 Å². The third kappa shape index (κ3) is 4.26. The molecule has 1 unspecified atom stereocenters. The van der Waals surface area contributed by atoms with Crippen LogP contribution < -0.4 is 0 Å². The first-order valence-corrected chi connectivity index (χ1v) is 8.65. The molecule has 128 valence electrons. The van der Waals surface area contributed by atoms with Crippen LogP contribution in [0.3, 0.4) is 0 Å². The summed E-state index contributed by atoms with van der Waals surface area (Å²) in [6.45, 7) is 8.97. The van der Waals surface area contributed by atoms with Gasteiger partial charge in [-0.15, -0.1) is 0 Å². The van der Waals surface area contributed by atoms with Crippen LogP contribution in [0.2, 0.25) is 0 Å². The Bertz CT molecular complexity index is 483. The van der Waals surface area contributed by atoms with Crippen molar-refractivity contribution in [3.63, 3.8) is 0 Å². The van der Waals surface area contributed by atoms with E-state index in [1.165, 1.54) is 18.4 Å². The molecular formula is C17H27N3O3. The number of piperazine rings is 1. The van der Waals surface area contributed by atoms with E-state index in [0.717, 1.165) is 45.8 Å². The van der Waals surface area contributed by atoms with Crippen molar-refractivity contribution in [2.45, 2.75) is 32.4 Å². The smallest absolute Gasteiger partial charge is 0.409 e. The van der Waals surface area contributed by atoms with Gasteiger partial charge in [-0.1, -0.05) is 0 Å². The number of piperidine rings is 1. The molecule has 3 rings (SSSR count). The Balaban J connectivity index is 1.47. The van der Waals surface area contributed by atoms with Gasteiger partial charge in [0.25, 0.3) is 0 Å². The van der Waals surface area contributed by atoms with Crippen molar-refractivity contribution < 1.29 is 13.9 Å². The number of rotatable bonds is 4. The lowest BCUT2D eigenvalue weighted by Gasteiger charge is -2.43. The number of hydrogen-bond donors (Lipinski definition) is 0. The minimum Gasteiger partial charge on any atom is -0.472 e. The summed E-state index contributed by atoms with van der Waals surface area (Å²) in [6.07, 6.45) is 5.90. The Hall–Kier alpha value is -1.53. The van der Waals surface area contributed by atoms with Crippen molar-refractivity contribution in [3.05, 3.63) is 24.2 Å². The maximum atomic E-state index is 11.8. The molecule has 0 aliphatic carbocycles. The van der Waals surface area contributed by atoms with Gasteiger partial charge in [0, 0.05) is 50.9 Å². The number of carbonyl (C=O) groups excluding carboxylic acids is 1. The summed E-state index contributed by atoms with van der Waals surface area (Å²) in [6, 6.07) is 2.64. The predicted molar refractivity (Wildman–Crippen MR) is 87.2 cm³/mol. The molecule has 1 aromatic rings. The van der Waals surface area contributed by atoms with Crippen LogP contribution in [0.4, 0.5) is 4.79 Å². The standard InChI is InChI=1S/C17H27N3O3/c1-2-23-17(21)20-9-7-19(8-10-20)16-4-3-6-18(13-16)12-15-5-11-22-14-15/h5,11,14,16H,2-4,6-10,12-13H2,1H3. The van der Waals surface area contributed by atoms with E-state index in [9.17, 15) is 4.79 Å². The van der Waals surface area contributed by atoms with Crippen LogP contribution in [0, 0.1) is 0 Å². The fourth-order valence-electron chi connectivity index (χ4n) is 3.60. The number of carbonyl (C=O) groups is 1. The van der Waals surface area contributed by atoms with Crippen LogP contribution in [-0.4, -0.2) is 72.7 Å². The molecule has 0 saturated carbocycles. The molecule has 2 aliphatic heterocycles. The summed E-state index contributed by atoms with van der Waals surface area (Å²) < 4.78 is 10.3. The molecule has 0 spiro atoms. The van der Waals surface area contributed by atoms with E-state index >= 15 is 0 Å². The molecule has 0 aromatic carbocycles.